The minimum Gasteiger partial charge on any atom is -0.462 e. The SMILES string of the molecule is CCCCCCCCCCCCC(O)CCCCCCCC=CC[C@@H](CCCCCC)OC(C)=O. The van der Waals surface area contributed by atoms with E-state index in [0.717, 1.165) is 44.9 Å². The topological polar surface area (TPSA) is 46.5 Å². The van der Waals surface area contributed by atoms with E-state index < -0.39 is 0 Å². The summed E-state index contributed by atoms with van der Waals surface area (Å²) in [6.45, 7) is 6.01. The molecule has 3 heteroatoms. The van der Waals surface area contributed by atoms with Gasteiger partial charge < -0.3 is 9.84 Å². The van der Waals surface area contributed by atoms with E-state index in [4.69, 9.17) is 4.74 Å². The molecule has 0 aromatic rings. The number of rotatable bonds is 27. The molecule has 1 N–H and O–H groups in total. The molecule has 0 aliphatic heterocycles. The van der Waals surface area contributed by atoms with Gasteiger partial charge in [-0.2, -0.15) is 0 Å². The average Bonchev–Trinajstić information content (AvgIpc) is 2.83. The summed E-state index contributed by atoms with van der Waals surface area (Å²) in [6, 6.07) is 0. The van der Waals surface area contributed by atoms with E-state index in [1.165, 1.54) is 116 Å². The second-order valence-electron chi connectivity index (χ2n) is 10.8. The Balaban J connectivity index is 3.51. The van der Waals surface area contributed by atoms with Gasteiger partial charge in [-0.15, -0.1) is 0 Å². The number of hydrogen-bond donors (Lipinski definition) is 1. The van der Waals surface area contributed by atoms with Crippen LogP contribution in [0.4, 0.5) is 0 Å². The minimum atomic E-state index is -0.160. The van der Waals surface area contributed by atoms with Crippen LogP contribution in [0.5, 0.6) is 0 Å². The summed E-state index contributed by atoms with van der Waals surface area (Å²) in [5, 5.41) is 10.2. The lowest BCUT2D eigenvalue weighted by Crippen LogP contribution is -2.15. The first-order valence-electron chi connectivity index (χ1n) is 15.6. The number of esters is 1. The number of ether oxygens (including phenoxy) is 1. The van der Waals surface area contributed by atoms with Gasteiger partial charge in [0.2, 0.25) is 0 Å². The Labute approximate surface area is 219 Å². The molecule has 0 rings (SSSR count). The number of aliphatic hydroxyl groups excluding tert-OH is 1. The molecule has 0 heterocycles. The summed E-state index contributed by atoms with van der Waals surface area (Å²) in [5.41, 5.74) is 0. The maximum Gasteiger partial charge on any atom is 0.302 e. The molecule has 0 aliphatic rings. The third-order valence-corrected chi connectivity index (χ3v) is 7.08. The maximum absolute atomic E-state index is 11.3. The lowest BCUT2D eigenvalue weighted by Gasteiger charge is -2.15. The minimum absolute atomic E-state index is 0.0485. The van der Waals surface area contributed by atoms with Crippen molar-refractivity contribution in [2.75, 3.05) is 0 Å². The molecular weight excluding hydrogens is 432 g/mol. The van der Waals surface area contributed by atoms with Crippen molar-refractivity contribution in [2.45, 2.75) is 187 Å². The maximum atomic E-state index is 11.3. The predicted molar refractivity (Wildman–Crippen MR) is 153 cm³/mol. The Morgan fingerprint density at radius 3 is 1.57 bits per heavy atom. The van der Waals surface area contributed by atoms with E-state index in [1.807, 2.05) is 0 Å². The first-order valence-corrected chi connectivity index (χ1v) is 15.6. The molecule has 0 aliphatic carbocycles. The lowest BCUT2D eigenvalue weighted by molar-refractivity contribution is -0.146. The molecule has 35 heavy (non-hydrogen) atoms. The molecule has 0 amide bonds. The van der Waals surface area contributed by atoms with E-state index in [2.05, 4.69) is 26.0 Å². The van der Waals surface area contributed by atoms with Crippen LogP contribution in [-0.2, 0) is 9.53 Å². The van der Waals surface area contributed by atoms with Gasteiger partial charge in [0.05, 0.1) is 6.10 Å². The summed E-state index contributed by atoms with van der Waals surface area (Å²) >= 11 is 0. The molecule has 0 aromatic heterocycles. The van der Waals surface area contributed by atoms with Crippen molar-refractivity contribution >= 4 is 5.97 Å². The van der Waals surface area contributed by atoms with Crippen LogP contribution in [-0.4, -0.2) is 23.3 Å². The molecule has 0 spiro atoms. The third kappa shape index (κ3) is 27.6. The Morgan fingerprint density at radius 2 is 1.06 bits per heavy atom. The molecular formula is C32H62O3. The van der Waals surface area contributed by atoms with Crippen molar-refractivity contribution < 1.29 is 14.6 Å². The summed E-state index contributed by atoms with van der Waals surface area (Å²) in [7, 11) is 0. The monoisotopic (exact) mass is 494 g/mol. The van der Waals surface area contributed by atoms with Gasteiger partial charge in [-0.3, -0.25) is 4.79 Å². The highest BCUT2D eigenvalue weighted by Crippen LogP contribution is 2.16. The van der Waals surface area contributed by atoms with Crippen LogP contribution in [0.2, 0.25) is 0 Å². The fraction of sp³-hybridized carbons (Fsp3) is 0.906. The van der Waals surface area contributed by atoms with Gasteiger partial charge in [0.1, 0.15) is 6.10 Å². The van der Waals surface area contributed by atoms with E-state index in [9.17, 15) is 9.90 Å². The van der Waals surface area contributed by atoms with E-state index in [1.54, 1.807) is 0 Å². The number of allylic oxidation sites excluding steroid dienone is 1. The zero-order valence-electron chi connectivity index (χ0n) is 24.0. The molecule has 0 saturated heterocycles. The Bertz CT molecular complexity index is 460. The van der Waals surface area contributed by atoms with Crippen LogP contribution in [0, 0.1) is 0 Å². The normalized spacial score (nSPS) is 13.4. The Kier molecular flexibility index (Phi) is 27.1. The molecule has 3 nitrogen and oxygen atoms in total. The van der Waals surface area contributed by atoms with Gasteiger partial charge in [-0.05, 0) is 38.5 Å². The van der Waals surface area contributed by atoms with Crippen LogP contribution in [0.3, 0.4) is 0 Å². The summed E-state index contributed by atoms with van der Waals surface area (Å²) in [6.07, 6.45) is 34.0. The van der Waals surface area contributed by atoms with Gasteiger partial charge >= 0.3 is 5.97 Å². The highest BCUT2D eigenvalue weighted by molar-refractivity contribution is 5.66. The highest BCUT2D eigenvalue weighted by Gasteiger charge is 2.09. The molecule has 208 valence electrons. The van der Waals surface area contributed by atoms with Gasteiger partial charge in [0.15, 0.2) is 0 Å². The molecule has 0 bridgehead atoms. The number of unbranched alkanes of at least 4 members (excludes halogenated alkanes) is 17. The van der Waals surface area contributed by atoms with Crippen LogP contribution < -0.4 is 0 Å². The first-order chi connectivity index (χ1) is 17.1. The van der Waals surface area contributed by atoms with Gasteiger partial charge in [-0.1, -0.05) is 135 Å². The third-order valence-electron chi connectivity index (χ3n) is 7.08. The van der Waals surface area contributed by atoms with Crippen LogP contribution in [0.1, 0.15) is 175 Å². The lowest BCUT2D eigenvalue weighted by atomic mass is 10.0. The van der Waals surface area contributed by atoms with Crippen molar-refractivity contribution in [3.8, 4) is 0 Å². The molecule has 0 saturated carbocycles. The first kappa shape index (κ1) is 34.2. The van der Waals surface area contributed by atoms with Gasteiger partial charge in [0.25, 0.3) is 0 Å². The van der Waals surface area contributed by atoms with E-state index in [-0.39, 0.29) is 18.2 Å². The quantitative estimate of drug-likeness (QED) is 0.0701. The van der Waals surface area contributed by atoms with Crippen LogP contribution in [0.25, 0.3) is 0 Å². The fourth-order valence-corrected chi connectivity index (χ4v) is 4.81. The highest BCUT2D eigenvalue weighted by atomic mass is 16.5. The van der Waals surface area contributed by atoms with Crippen molar-refractivity contribution in [2.24, 2.45) is 0 Å². The van der Waals surface area contributed by atoms with Crippen molar-refractivity contribution in [1.29, 1.82) is 0 Å². The van der Waals surface area contributed by atoms with E-state index in [0.29, 0.717) is 0 Å². The Morgan fingerprint density at radius 1 is 0.629 bits per heavy atom. The zero-order valence-corrected chi connectivity index (χ0v) is 24.0. The van der Waals surface area contributed by atoms with Gasteiger partial charge in [0, 0.05) is 13.3 Å². The molecule has 0 aromatic carbocycles. The largest absolute Gasteiger partial charge is 0.462 e. The standard InChI is InChI=1S/C32H62O3/c1-4-6-8-10-11-12-13-16-19-22-26-31(34)27-23-20-17-14-15-18-21-25-29-32(35-30(3)33)28-24-9-7-5-2/h21,25,31-32,34H,4-20,22-24,26-29H2,1-3H3/t31?,32-/m1/s1. The fourth-order valence-electron chi connectivity index (χ4n) is 4.81. The number of aliphatic hydroxyl groups is 1. The number of carbonyl (C=O) groups excluding carboxylic acids is 1. The summed E-state index contributed by atoms with van der Waals surface area (Å²) in [4.78, 5) is 11.3. The second-order valence-corrected chi connectivity index (χ2v) is 10.8. The van der Waals surface area contributed by atoms with Crippen molar-refractivity contribution in [3.05, 3.63) is 12.2 Å². The zero-order chi connectivity index (χ0) is 25.8. The van der Waals surface area contributed by atoms with Crippen molar-refractivity contribution in [3.63, 3.8) is 0 Å². The molecule has 0 fully saturated rings. The van der Waals surface area contributed by atoms with Crippen LogP contribution >= 0.6 is 0 Å². The Hall–Kier alpha value is -0.830. The van der Waals surface area contributed by atoms with Crippen molar-refractivity contribution in [1.82, 2.24) is 0 Å². The predicted octanol–water partition coefficient (Wildman–Crippen LogP) is 10.2. The van der Waals surface area contributed by atoms with Crippen LogP contribution in [0.15, 0.2) is 12.2 Å². The molecule has 1 unspecified atom stereocenters. The smallest absolute Gasteiger partial charge is 0.302 e. The molecule has 0 radical (unpaired) electrons. The van der Waals surface area contributed by atoms with E-state index >= 15 is 0 Å². The summed E-state index contributed by atoms with van der Waals surface area (Å²) in [5.74, 6) is -0.160. The molecule has 2 atom stereocenters. The average molecular weight is 495 g/mol. The number of hydrogen-bond acceptors (Lipinski definition) is 3. The van der Waals surface area contributed by atoms with Gasteiger partial charge in [-0.25, -0.2) is 0 Å². The second kappa shape index (κ2) is 27.8. The summed E-state index contributed by atoms with van der Waals surface area (Å²) < 4.78 is 5.47. The number of carbonyl (C=O) groups is 1.